The summed E-state index contributed by atoms with van der Waals surface area (Å²) in [5.74, 6) is -2.57. The number of Topliss-reactive ketones (excluding diaryl/α,β-unsaturated/α-hetero) is 1. The van der Waals surface area contributed by atoms with Crippen LogP contribution in [-0.4, -0.2) is 28.5 Å². The second-order valence-electron chi connectivity index (χ2n) is 9.86. The minimum atomic E-state index is -0.893. The molecule has 2 fully saturated rings. The predicted octanol–water partition coefficient (Wildman–Crippen LogP) is 6.54. The van der Waals surface area contributed by atoms with E-state index in [0.29, 0.717) is 10.7 Å². The van der Waals surface area contributed by atoms with E-state index in [4.69, 9.17) is 23.2 Å². The van der Waals surface area contributed by atoms with Gasteiger partial charge in [0.15, 0.2) is 5.78 Å². The molecule has 4 aromatic carbocycles. The number of hydrogen-bond acceptors (Lipinski definition) is 4. The van der Waals surface area contributed by atoms with Gasteiger partial charge in [-0.05, 0) is 58.3 Å². The molecule has 0 spiro atoms. The first-order valence-electron chi connectivity index (χ1n) is 12.3. The lowest BCUT2D eigenvalue weighted by Crippen LogP contribution is -2.44. The van der Waals surface area contributed by atoms with E-state index in [1.54, 1.807) is 18.2 Å². The zero-order chi connectivity index (χ0) is 26.1. The third-order valence-corrected chi connectivity index (χ3v) is 8.47. The summed E-state index contributed by atoms with van der Waals surface area (Å²) in [7, 11) is 0. The molecule has 186 valence electrons. The summed E-state index contributed by atoms with van der Waals surface area (Å²) in [5, 5.41) is 2.57. The molecular weight excluding hydrogens is 519 g/mol. The highest BCUT2D eigenvalue weighted by Gasteiger charge is 2.64. The minimum absolute atomic E-state index is 0.215. The summed E-state index contributed by atoms with van der Waals surface area (Å²) >= 11 is 12.5. The van der Waals surface area contributed by atoms with Crippen LogP contribution in [0.4, 0.5) is 5.69 Å². The molecule has 2 saturated heterocycles. The second-order valence-corrected chi connectivity index (χ2v) is 10.7. The number of anilines is 1. The molecule has 4 atom stereocenters. The van der Waals surface area contributed by atoms with Crippen LogP contribution in [0.3, 0.4) is 0 Å². The highest BCUT2D eigenvalue weighted by molar-refractivity contribution is 6.37. The van der Waals surface area contributed by atoms with Gasteiger partial charge in [-0.2, -0.15) is 0 Å². The lowest BCUT2D eigenvalue weighted by atomic mass is 9.83. The standard InChI is InChI=1S/C31H20Cl2N2O3/c32-20-10-12-23(24(33)16-20)29(36)28-26-25(27-22-8-4-3-6-18(22)13-14-34(27)28)30(37)35(31(26)38)21-11-9-17-5-1-2-7-19(17)15-21/h1-16,25-28H/t25-,26-,27+,28+/m1/s1. The predicted molar refractivity (Wildman–Crippen MR) is 148 cm³/mol. The van der Waals surface area contributed by atoms with E-state index in [9.17, 15) is 14.4 Å². The number of hydrogen-bond donors (Lipinski definition) is 0. The maximum Gasteiger partial charge on any atom is 0.240 e. The molecule has 7 rings (SSSR count). The Morgan fingerprint density at radius 1 is 0.763 bits per heavy atom. The van der Waals surface area contributed by atoms with Crippen LogP contribution in [0.5, 0.6) is 0 Å². The van der Waals surface area contributed by atoms with Gasteiger partial charge in [0.05, 0.1) is 28.6 Å². The Kier molecular flexibility index (Phi) is 5.22. The number of amides is 2. The fourth-order valence-electron chi connectivity index (χ4n) is 6.28. The zero-order valence-corrected chi connectivity index (χ0v) is 21.4. The largest absolute Gasteiger partial charge is 0.358 e. The molecular formula is C31H20Cl2N2O3. The van der Waals surface area contributed by atoms with Crippen molar-refractivity contribution < 1.29 is 14.4 Å². The summed E-state index contributed by atoms with van der Waals surface area (Å²) in [6.07, 6.45) is 3.76. The van der Waals surface area contributed by atoms with Crippen molar-refractivity contribution in [1.82, 2.24) is 4.90 Å². The van der Waals surface area contributed by atoms with Crippen LogP contribution in [0.1, 0.15) is 27.5 Å². The van der Waals surface area contributed by atoms with Crippen LogP contribution in [0.25, 0.3) is 16.8 Å². The van der Waals surface area contributed by atoms with Crippen molar-refractivity contribution in [2.75, 3.05) is 4.90 Å². The highest BCUT2D eigenvalue weighted by atomic mass is 35.5. The first-order valence-corrected chi connectivity index (χ1v) is 13.1. The summed E-state index contributed by atoms with van der Waals surface area (Å²) < 4.78 is 0. The molecule has 3 aliphatic rings. The van der Waals surface area contributed by atoms with Gasteiger partial charge in [0, 0.05) is 16.8 Å². The number of halogens is 2. The SMILES string of the molecule is O=C(c1ccc(Cl)cc1Cl)[C@@H]1[C@@H]2C(=O)N(c3ccc4ccccc4c3)C(=O)[C@H]2[C@@H]2c3ccccc3C=CN12. The lowest BCUT2D eigenvalue weighted by Gasteiger charge is -2.35. The number of carbonyl (C=O) groups is 3. The first kappa shape index (κ1) is 23.2. The Balaban J connectivity index is 1.38. The van der Waals surface area contributed by atoms with Crippen molar-refractivity contribution in [3.05, 3.63) is 118 Å². The quantitative estimate of drug-likeness (QED) is 0.219. The van der Waals surface area contributed by atoms with E-state index in [2.05, 4.69) is 0 Å². The van der Waals surface area contributed by atoms with Gasteiger partial charge in [-0.1, -0.05) is 77.8 Å². The van der Waals surface area contributed by atoms with Gasteiger partial charge in [-0.3, -0.25) is 14.4 Å². The van der Waals surface area contributed by atoms with E-state index in [1.807, 2.05) is 77.8 Å². The number of ketones is 1. The molecule has 38 heavy (non-hydrogen) atoms. The molecule has 0 radical (unpaired) electrons. The van der Waals surface area contributed by atoms with Gasteiger partial charge in [0.2, 0.25) is 11.8 Å². The Labute approximate surface area is 228 Å². The summed E-state index contributed by atoms with van der Waals surface area (Å²) in [4.78, 5) is 45.5. The van der Waals surface area contributed by atoms with Crippen molar-refractivity contribution in [3.8, 4) is 0 Å². The summed E-state index contributed by atoms with van der Waals surface area (Å²) in [5.41, 5.74) is 2.67. The molecule has 2 amide bonds. The summed E-state index contributed by atoms with van der Waals surface area (Å²) in [6, 6.07) is 24.5. The fraction of sp³-hybridized carbons (Fsp3) is 0.129. The van der Waals surface area contributed by atoms with E-state index < -0.39 is 23.9 Å². The molecule has 0 aromatic heterocycles. The van der Waals surface area contributed by atoms with Gasteiger partial charge >= 0.3 is 0 Å². The number of nitrogens with zero attached hydrogens (tertiary/aromatic N) is 2. The van der Waals surface area contributed by atoms with Crippen molar-refractivity contribution in [2.24, 2.45) is 11.8 Å². The van der Waals surface area contributed by atoms with Crippen molar-refractivity contribution >= 4 is 63.3 Å². The second kappa shape index (κ2) is 8.55. The Bertz CT molecular complexity index is 1710. The van der Waals surface area contributed by atoms with Gasteiger partial charge in [0.1, 0.15) is 6.04 Å². The Hall–Kier alpha value is -3.93. The molecule has 0 N–H and O–H groups in total. The molecule has 0 unspecified atom stereocenters. The molecule has 0 bridgehead atoms. The zero-order valence-electron chi connectivity index (χ0n) is 19.9. The average molecular weight is 539 g/mol. The van der Waals surface area contributed by atoms with Crippen LogP contribution in [-0.2, 0) is 9.59 Å². The van der Waals surface area contributed by atoms with Crippen LogP contribution in [0.2, 0.25) is 10.0 Å². The molecule has 0 aliphatic carbocycles. The number of benzene rings is 4. The number of rotatable bonds is 3. The molecule has 0 saturated carbocycles. The lowest BCUT2D eigenvalue weighted by molar-refractivity contribution is -0.123. The third-order valence-electron chi connectivity index (χ3n) is 7.92. The normalized spacial score (nSPS) is 23.5. The molecule has 3 aliphatic heterocycles. The maximum atomic E-state index is 14.1. The minimum Gasteiger partial charge on any atom is -0.358 e. The van der Waals surface area contributed by atoms with E-state index >= 15 is 0 Å². The van der Waals surface area contributed by atoms with E-state index in [1.165, 1.54) is 11.0 Å². The first-order chi connectivity index (χ1) is 18.4. The van der Waals surface area contributed by atoms with Gasteiger partial charge in [-0.15, -0.1) is 0 Å². The van der Waals surface area contributed by atoms with Crippen LogP contribution in [0.15, 0.2) is 91.1 Å². The fourth-order valence-corrected chi connectivity index (χ4v) is 6.78. The topological polar surface area (TPSA) is 57.7 Å². The monoisotopic (exact) mass is 538 g/mol. The van der Waals surface area contributed by atoms with Gasteiger partial charge < -0.3 is 4.90 Å². The highest BCUT2D eigenvalue weighted by Crippen LogP contribution is 2.54. The van der Waals surface area contributed by atoms with Crippen molar-refractivity contribution in [1.29, 1.82) is 0 Å². The smallest absolute Gasteiger partial charge is 0.240 e. The molecule has 5 nitrogen and oxygen atoms in total. The summed E-state index contributed by atoms with van der Waals surface area (Å²) in [6.45, 7) is 0. The average Bonchev–Trinajstić information content (AvgIpc) is 3.40. The number of carbonyl (C=O) groups excluding carboxylic acids is 3. The number of fused-ring (bicyclic) bond motifs is 6. The van der Waals surface area contributed by atoms with Crippen LogP contribution >= 0.6 is 23.2 Å². The van der Waals surface area contributed by atoms with E-state index in [0.717, 1.165) is 21.9 Å². The molecule has 7 heteroatoms. The van der Waals surface area contributed by atoms with Gasteiger partial charge in [0.25, 0.3) is 0 Å². The maximum absolute atomic E-state index is 14.1. The third kappa shape index (κ3) is 3.29. The van der Waals surface area contributed by atoms with Crippen molar-refractivity contribution in [2.45, 2.75) is 12.1 Å². The van der Waals surface area contributed by atoms with Crippen LogP contribution < -0.4 is 4.90 Å². The van der Waals surface area contributed by atoms with Gasteiger partial charge in [-0.25, -0.2) is 4.90 Å². The van der Waals surface area contributed by atoms with E-state index in [-0.39, 0.29) is 28.2 Å². The van der Waals surface area contributed by atoms with Crippen LogP contribution in [0, 0.1) is 11.8 Å². The molecule has 3 heterocycles. The number of imide groups is 1. The van der Waals surface area contributed by atoms with Crippen molar-refractivity contribution in [3.63, 3.8) is 0 Å². The Morgan fingerprint density at radius 2 is 1.50 bits per heavy atom. The molecule has 4 aromatic rings. The Morgan fingerprint density at radius 3 is 2.32 bits per heavy atom.